The highest BCUT2D eigenvalue weighted by Crippen LogP contribution is 2.35. The Bertz CT molecular complexity index is 310. The van der Waals surface area contributed by atoms with E-state index in [2.05, 4.69) is 0 Å². The molecule has 3 atom stereocenters. The van der Waals surface area contributed by atoms with Gasteiger partial charge in [0.2, 0.25) is 0 Å². The summed E-state index contributed by atoms with van der Waals surface area (Å²) in [7, 11) is 0. The number of carbonyl (C=O) groups is 1. The van der Waals surface area contributed by atoms with Crippen molar-refractivity contribution in [3.05, 3.63) is 11.8 Å². The Morgan fingerprint density at radius 2 is 1.93 bits per heavy atom. The number of ether oxygens (including phenoxy) is 2. The zero-order valence-electron chi connectivity index (χ0n) is 9.03. The lowest BCUT2D eigenvalue weighted by molar-refractivity contribution is -0.262. The number of Topliss-reactive ketones (excluding diaryl/α,β-unsaturated/α-hetero) is 1. The van der Waals surface area contributed by atoms with Gasteiger partial charge in [0.25, 0.3) is 0 Å². The van der Waals surface area contributed by atoms with Crippen molar-refractivity contribution < 1.29 is 19.4 Å². The highest BCUT2D eigenvalue weighted by Gasteiger charge is 2.43. The SMILES string of the molecule is C[C@@H]1CC(=O)C[C@]2(C=C(O)C[C@@H](C)O2)O1. The van der Waals surface area contributed by atoms with E-state index >= 15 is 0 Å². The standard InChI is InChI=1S/C11H16O4/c1-7-3-9(12)5-11(14-7)6-10(13)4-8(2)15-11/h5,7-8,12H,3-4,6H2,1-2H3/t7-,8-,11+/m1/s1. The molecule has 2 aliphatic rings. The van der Waals surface area contributed by atoms with Gasteiger partial charge in [-0.15, -0.1) is 0 Å². The Morgan fingerprint density at radius 1 is 1.33 bits per heavy atom. The Hall–Kier alpha value is -0.870. The van der Waals surface area contributed by atoms with E-state index in [9.17, 15) is 9.90 Å². The number of rotatable bonds is 0. The van der Waals surface area contributed by atoms with Crippen molar-refractivity contribution in [2.75, 3.05) is 0 Å². The minimum atomic E-state index is -1.02. The van der Waals surface area contributed by atoms with Gasteiger partial charge in [-0.05, 0) is 13.8 Å². The summed E-state index contributed by atoms with van der Waals surface area (Å²) in [4.78, 5) is 11.5. The minimum Gasteiger partial charge on any atom is -0.512 e. The molecule has 4 heteroatoms. The molecule has 1 fully saturated rings. The molecular weight excluding hydrogens is 196 g/mol. The number of hydrogen-bond acceptors (Lipinski definition) is 4. The number of carbonyl (C=O) groups excluding carboxylic acids is 1. The summed E-state index contributed by atoms with van der Waals surface area (Å²) in [6.07, 6.45) is 2.36. The smallest absolute Gasteiger partial charge is 0.198 e. The van der Waals surface area contributed by atoms with Crippen molar-refractivity contribution >= 4 is 5.78 Å². The van der Waals surface area contributed by atoms with Gasteiger partial charge in [0, 0.05) is 18.9 Å². The molecule has 0 bridgehead atoms. The molecule has 1 spiro atoms. The van der Waals surface area contributed by atoms with E-state index in [1.165, 1.54) is 6.08 Å². The second-order valence-electron chi connectivity index (χ2n) is 4.43. The number of aliphatic hydroxyl groups is 1. The van der Waals surface area contributed by atoms with E-state index in [0.717, 1.165) is 0 Å². The molecule has 2 heterocycles. The third-order valence-corrected chi connectivity index (χ3v) is 2.64. The Kier molecular flexibility index (Phi) is 2.56. The lowest BCUT2D eigenvalue weighted by Crippen LogP contribution is -2.48. The lowest BCUT2D eigenvalue weighted by Gasteiger charge is -2.41. The molecule has 1 saturated heterocycles. The molecule has 84 valence electrons. The molecule has 2 aliphatic heterocycles. The van der Waals surface area contributed by atoms with E-state index in [-0.39, 0.29) is 30.2 Å². The van der Waals surface area contributed by atoms with Gasteiger partial charge >= 0.3 is 0 Å². The van der Waals surface area contributed by atoms with Crippen LogP contribution in [0.2, 0.25) is 0 Å². The van der Waals surface area contributed by atoms with Crippen LogP contribution in [0.25, 0.3) is 0 Å². The normalized spacial score (nSPS) is 41.7. The van der Waals surface area contributed by atoms with E-state index < -0.39 is 5.79 Å². The molecule has 0 saturated carbocycles. The maximum Gasteiger partial charge on any atom is 0.198 e. The molecule has 0 aromatic carbocycles. The van der Waals surface area contributed by atoms with Crippen LogP contribution in [0.5, 0.6) is 0 Å². The van der Waals surface area contributed by atoms with Gasteiger partial charge in [0.05, 0.1) is 24.4 Å². The lowest BCUT2D eigenvalue weighted by atomic mass is 9.97. The summed E-state index contributed by atoms with van der Waals surface area (Å²) in [5.74, 6) is -0.654. The summed E-state index contributed by atoms with van der Waals surface area (Å²) >= 11 is 0. The first-order chi connectivity index (χ1) is 6.99. The second-order valence-corrected chi connectivity index (χ2v) is 4.43. The second kappa shape index (κ2) is 3.61. The number of aliphatic hydroxyl groups excluding tert-OH is 1. The summed E-state index contributed by atoms with van der Waals surface area (Å²) in [6, 6.07) is 0. The number of ketones is 1. The van der Waals surface area contributed by atoms with Crippen molar-refractivity contribution in [3.63, 3.8) is 0 Å². The molecule has 2 rings (SSSR count). The van der Waals surface area contributed by atoms with Crippen LogP contribution in [0.4, 0.5) is 0 Å². The van der Waals surface area contributed by atoms with Gasteiger partial charge in [-0.2, -0.15) is 0 Å². The average molecular weight is 212 g/mol. The fourth-order valence-corrected chi connectivity index (χ4v) is 2.27. The van der Waals surface area contributed by atoms with Gasteiger partial charge in [-0.25, -0.2) is 0 Å². The Labute approximate surface area is 88.9 Å². The zero-order valence-corrected chi connectivity index (χ0v) is 9.03. The molecular formula is C11H16O4. The van der Waals surface area contributed by atoms with Crippen molar-refractivity contribution in [3.8, 4) is 0 Å². The predicted octanol–water partition coefficient (Wildman–Crippen LogP) is 1.70. The fraction of sp³-hybridized carbons (Fsp3) is 0.727. The summed E-state index contributed by atoms with van der Waals surface area (Å²) in [5.41, 5.74) is 0. The van der Waals surface area contributed by atoms with E-state index in [4.69, 9.17) is 9.47 Å². The van der Waals surface area contributed by atoms with E-state index in [0.29, 0.717) is 12.8 Å². The van der Waals surface area contributed by atoms with Crippen molar-refractivity contribution in [1.29, 1.82) is 0 Å². The number of hydrogen-bond donors (Lipinski definition) is 1. The van der Waals surface area contributed by atoms with Gasteiger partial charge in [-0.3, -0.25) is 4.79 Å². The van der Waals surface area contributed by atoms with Crippen LogP contribution >= 0.6 is 0 Å². The Morgan fingerprint density at radius 3 is 2.47 bits per heavy atom. The maximum absolute atomic E-state index is 11.5. The quantitative estimate of drug-likeness (QED) is 0.664. The molecule has 0 radical (unpaired) electrons. The first-order valence-corrected chi connectivity index (χ1v) is 5.27. The summed E-state index contributed by atoms with van der Waals surface area (Å²) < 4.78 is 11.3. The molecule has 15 heavy (non-hydrogen) atoms. The molecule has 0 aromatic rings. The third-order valence-electron chi connectivity index (χ3n) is 2.64. The van der Waals surface area contributed by atoms with Crippen LogP contribution in [0, 0.1) is 0 Å². The van der Waals surface area contributed by atoms with Crippen LogP contribution in [0.1, 0.15) is 33.1 Å². The zero-order chi connectivity index (χ0) is 11.1. The molecule has 0 unspecified atom stereocenters. The maximum atomic E-state index is 11.5. The van der Waals surface area contributed by atoms with Crippen molar-refractivity contribution in [1.82, 2.24) is 0 Å². The van der Waals surface area contributed by atoms with Crippen LogP contribution in [-0.4, -0.2) is 28.9 Å². The van der Waals surface area contributed by atoms with E-state index in [1.54, 1.807) is 0 Å². The van der Waals surface area contributed by atoms with Crippen LogP contribution in [0.15, 0.2) is 11.8 Å². The first-order valence-electron chi connectivity index (χ1n) is 5.27. The summed E-state index contributed by atoms with van der Waals surface area (Å²) in [5, 5.41) is 9.56. The highest BCUT2D eigenvalue weighted by atomic mass is 16.7. The average Bonchev–Trinajstić information content (AvgIpc) is 1.96. The fourth-order valence-electron chi connectivity index (χ4n) is 2.27. The molecule has 0 aromatic heterocycles. The molecule has 0 aliphatic carbocycles. The monoisotopic (exact) mass is 212 g/mol. The van der Waals surface area contributed by atoms with Crippen molar-refractivity contribution in [2.24, 2.45) is 0 Å². The van der Waals surface area contributed by atoms with Crippen LogP contribution in [0.3, 0.4) is 0 Å². The highest BCUT2D eigenvalue weighted by molar-refractivity contribution is 5.80. The Balaban J connectivity index is 2.24. The summed E-state index contributed by atoms with van der Waals surface area (Å²) in [6.45, 7) is 3.70. The van der Waals surface area contributed by atoms with Crippen molar-refractivity contribution in [2.45, 2.75) is 51.1 Å². The largest absolute Gasteiger partial charge is 0.512 e. The van der Waals surface area contributed by atoms with E-state index in [1.807, 2.05) is 13.8 Å². The minimum absolute atomic E-state index is 0.118. The first kappa shape index (κ1) is 10.6. The van der Waals surface area contributed by atoms with Gasteiger partial charge in [0.15, 0.2) is 5.79 Å². The third kappa shape index (κ3) is 2.21. The van der Waals surface area contributed by atoms with Gasteiger partial charge in [0.1, 0.15) is 5.78 Å². The topological polar surface area (TPSA) is 55.8 Å². The van der Waals surface area contributed by atoms with Crippen LogP contribution in [-0.2, 0) is 14.3 Å². The molecule has 4 nitrogen and oxygen atoms in total. The van der Waals surface area contributed by atoms with Gasteiger partial charge in [-0.1, -0.05) is 0 Å². The molecule has 0 amide bonds. The van der Waals surface area contributed by atoms with Crippen LogP contribution < -0.4 is 0 Å². The predicted molar refractivity (Wildman–Crippen MR) is 53.4 cm³/mol. The van der Waals surface area contributed by atoms with Gasteiger partial charge < -0.3 is 14.6 Å². The molecule has 1 N–H and O–H groups in total.